The molecule has 1 unspecified atom stereocenters. The molecule has 0 radical (unpaired) electrons. The van der Waals surface area contributed by atoms with Crippen LogP contribution in [0.5, 0.6) is 0 Å². The normalized spacial score (nSPS) is 13.8. The molecule has 0 amide bonds. The van der Waals surface area contributed by atoms with Gasteiger partial charge in [-0.3, -0.25) is 0 Å². The van der Waals surface area contributed by atoms with E-state index in [9.17, 15) is 5.11 Å². The van der Waals surface area contributed by atoms with Crippen LogP contribution in [0.15, 0.2) is 9.85 Å². The van der Waals surface area contributed by atoms with Crippen molar-refractivity contribution in [3.63, 3.8) is 0 Å². The molecule has 0 rings (SSSR count). The zero-order valence-electron chi connectivity index (χ0n) is 18.3. The molecule has 0 saturated heterocycles. The predicted molar refractivity (Wildman–Crippen MR) is 116 cm³/mol. The third kappa shape index (κ3) is 11.2. The van der Waals surface area contributed by atoms with E-state index in [0.717, 1.165) is 12.8 Å². The molecule has 0 bridgehead atoms. The molecule has 0 saturated carbocycles. The van der Waals surface area contributed by atoms with E-state index in [-0.39, 0.29) is 6.10 Å². The Morgan fingerprint density at radius 3 is 1.77 bits per heavy atom. The van der Waals surface area contributed by atoms with Crippen molar-refractivity contribution in [3.05, 3.63) is 9.85 Å². The molecule has 0 aromatic carbocycles. The topological polar surface area (TPSA) is 38.7 Å². The third-order valence-corrected chi connectivity index (χ3v) is 20.4. The van der Waals surface area contributed by atoms with Gasteiger partial charge in [-0.15, -0.1) is 0 Å². The van der Waals surface area contributed by atoms with Gasteiger partial charge in [0.15, 0.2) is 0 Å². The molecule has 0 aliphatic heterocycles. The van der Waals surface area contributed by atoms with Crippen LogP contribution in [0.3, 0.4) is 0 Å². The van der Waals surface area contributed by atoms with Crippen molar-refractivity contribution < 1.29 is 14.6 Å². The van der Waals surface area contributed by atoms with Gasteiger partial charge in [-0.25, -0.2) is 0 Å². The molecule has 0 aliphatic carbocycles. The number of methoxy groups -OCH3 is 1. The Labute approximate surface area is 167 Å². The van der Waals surface area contributed by atoms with E-state index in [4.69, 9.17) is 9.47 Å². The predicted octanol–water partition coefficient (Wildman–Crippen LogP) is 6.82. The molecule has 0 fully saturated rings. The Morgan fingerprint density at radius 1 is 0.846 bits per heavy atom. The maximum atomic E-state index is 10.6. The van der Waals surface area contributed by atoms with Crippen LogP contribution in [-0.2, 0) is 9.47 Å². The van der Waals surface area contributed by atoms with E-state index >= 15 is 0 Å². The van der Waals surface area contributed by atoms with Crippen molar-refractivity contribution in [2.45, 2.75) is 111 Å². The average Bonchev–Trinajstić information content (AvgIpc) is 2.65. The summed E-state index contributed by atoms with van der Waals surface area (Å²) in [6.07, 6.45) is 13.7. The van der Waals surface area contributed by atoms with Crippen molar-refractivity contribution >= 4 is 18.4 Å². The quantitative estimate of drug-likeness (QED) is 0.102. The molecular formula is C22H46O3Sn. The second kappa shape index (κ2) is 17.4. The first-order chi connectivity index (χ1) is 12.6. The first kappa shape index (κ1) is 26.3. The van der Waals surface area contributed by atoms with Gasteiger partial charge in [-0.2, -0.15) is 0 Å². The second-order valence-electron chi connectivity index (χ2n) is 7.74. The van der Waals surface area contributed by atoms with Crippen LogP contribution < -0.4 is 0 Å². The summed E-state index contributed by atoms with van der Waals surface area (Å²) in [6.45, 7) is 9.38. The fourth-order valence-electron chi connectivity index (χ4n) is 3.65. The monoisotopic (exact) mass is 478 g/mol. The molecule has 156 valence electrons. The molecule has 0 heterocycles. The van der Waals surface area contributed by atoms with Gasteiger partial charge in [-0.05, 0) is 0 Å². The van der Waals surface area contributed by atoms with Crippen LogP contribution in [0.25, 0.3) is 0 Å². The fraction of sp³-hybridized carbons (Fsp3) is 0.909. The minimum atomic E-state index is -2.65. The van der Waals surface area contributed by atoms with Crippen molar-refractivity contribution in [2.75, 3.05) is 13.9 Å². The zero-order chi connectivity index (χ0) is 19.7. The van der Waals surface area contributed by atoms with Crippen molar-refractivity contribution in [2.24, 2.45) is 0 Å². The van der Waals surface area contributed by atoms with Gasteiger partial charge >= 0.3 is 168 Å². The van der Waals surface area contributed by atoms with Gasteiger partial charge in [0.1, 0.15) is 0 Å². The van der Waals surface area contributed by atoms with Gasteiger partial charge < -0.3 is 0 Å². The Kier molecular flexibility index (Phi) is 17.5. The van der Waals surface area contributed by atoms with Gasteiger partial charge in [0.05, 0.1) is 0 Å². The van der Waals surface area contributed by atoms with Crippen molar-refractivity contribution in [1.82, 2.24) is 0 Å². The molecular weight excluding hydrogens is 431 g/mol. The van der Waals surface area contributed by atoms with E-state index < -0.39 is 18.4 Å². The number of aliphatic hydroxyl groups excluding tert-OH is 1. The molecule has 0 aliphatic rings. The van der Waals surface area contributed by atoms with Gasteiger partial charge in [0.2, 0.25) is 0 Å². The van der Waals surface area contributed by atoms with E-state index in [1.54, 1.807) is 7.11 Å². The Balaban J connectivity index is 5.53. The number of aliphatic hydroxyl groups is 1. The van der Waals surface area contributed by atoms with Crippen LogP contribution >= 0.6 is 0 Å². The van der Waals surface area contributed by atoms with Gasteiger partial charge in [-0.1, -0.05) is 0 Å². The standard InChI is InChI=1S/C10H19O3.3C4H9.Sn/c1-3-4-5-6-10(11)7-8-13-9-12-2;3*1-3-4-2;/h7,10-11H,3-6,9H2,1-2H3;3*1,3-4H2,2H3;. The zero-order valence-corrected chi connectivity index (χ0v) is 21.2. The summed E-state index contributed by atoms with van der Waals surface area (Å²) in [7, 11) is 1.69. The maximum absolute atomic E-state index is 10.6. The second-order valence-corrected chi connectivity index (χ2v) is 20.7. The first-order valence-electron chi connectivity index (χ1n) is 11.1. The summed E-state index contributed by atoms with van der Waals surface area (Å²) in [6, 6.07) is 0. The number of hydrogen-bond acceptors (Lipinski definition) is 3. The Morgan fingerprint density at radius 2 is 1.35 bits per heavy atom. The van der Waals surface area contributed by atoms with Crippen LogP contribution in [-0.4, -0.2) is 43.5 Å². The fourth-order valence-corrected chi connectivity index (χ4v) is 19.3. The summed E-state index contributed by atoms with van der Waals surface area (Å²) in [5.74, 6) is 0. The minimum absolute atomic E-state index is 0.316. The van der Waals surface area contributed by atoms with Crippen molar-refractivity contribution in [1.29, 1.82) is 0 Å². The SMILES string of the molecule is CCCCCC(O)/C=[C](/OCOC)[Sn]([CH2]CCC)([CH2]CCC)[CH2]CCC. The molecule has 26 heavy (non-hydrogen) atoms. The molecule has 1 N–H and O–H groups in total. The summed E-state index contributed by atoms with van der Waals surface area (Å²) in [5.41, 5.74) is 0. The van der Waals surface area contributed by atoms with Crippen LogP contribution in [0.1, 0.15) is 91.9 Å². The van der Waals surface area contributed by atoms with Gasteiger partial charge in [0, 0.05) is 0 Å². The first-order valence-corrected chi connectivity index (χ1v) is 18.6. The van der Waals surface area contributed by atoms with Crippen molar-refractivity contribution in [3.8, 4) is 0 Å². The molecule has 0 aromatic heterocycles. The van der Waals surface area contributed by atoms with Crippen LogP contribution in [0.2, 0.25) is 13.3 Å². The summed E-state index contributed by atoms with van der Waals surface area (Å²) < 4.78 is 16.7. The number of ether oxygens (including phenoxy) is 2. The van der Waals surface area contributed by atoms with E-state index in [0.29, 0.717) is 6.79 Å². The molecule has 4 heteroatoms. The average molecular weight is 477 g/mol. The summed E-state index contributed by atoms with van der Waals surface area (Å²) in [4.78, 5) is 0. The van der Waals surface area contributed by atoms with Crippen LogP contribution in [0, 0.1) is 0 Å². The van der Waals surface area contributed by atoms with E-state index in [1.807, 2.05) is 0 Å². The molecule has 0 spiro atoms. The molecule has 0 aromatic rings. The Bertz CT molecular complexity index is 323. The summed E-state index contributed by atoms with van der Waals surface area (Å²) >= 11 is -2.65. The van der Waals surface area contributed by atoms with E-state index in [1.165, 1.54) is 68.5 Å². The number of rotatable bonds is 18. The van der Waals surface area contributed by atoms with E-state index in [2.05, 4.69) is 33.8 Å². The number of hydrogen-bond donors (Lipinski definition) is 1. The van der Waals surface area contributed by atoms with Gasteiger partial charge in [0.25, 0.3) is 0 Å². The summed E-state index contributed by atoms with van der Waals surface area (Å²) in [5, 5.41) is 10.6. The molecule has 1 atom stereocenters. The number of unbranched alkanes of at least 4 members (excludes halogenated alkanes) is 5. The third-order valence-electron chi connectivity index (χ3n) is 5.33. The molecule has 3 nitrogen and oxygen atoms in total. The van der Waals surface area contributed by atoms with Crippen LogP contribution in [0.4, 0.5) is 0 Å². The Hall–Kier alpha value is 0.259.